The molecule has 0 saturated carbocycles. The van der Waals surface area contributed by atoms with Gasteiger partial charge >= 0.3 is 6.18 Å². The Balaban J connectivity index is 3.12. The van der Waals surface area contributed by atoms with Gasteiger partial charge in [-0.05, 0) is 24.1 Å². The molecule has 8 heteroatoms. The van der Waals surface area contributed by atoms with E-state index in [0.717, 1.165) is 25.0 Å². The molecular weight excluding hydrogens is 305 g/mol. The number of nitrogens with one attached hydrogen (secondary N) is 1. The number of primary sulfonamides is 1. The van der Waals surface area contributed by atoms with Crippen molar-refractivity contribution in [2.75, 3.05) is 11.9 Å². The van der Waals surface area contributed by atoms with Crippen molar-refractivity contribution < 1.29 is 21.6 Å². The summed E-state index contributed by atoms with van der Waals surface area (Å²) in [5.41, 5.74) is -1.03. The maximum absolute atomic E-state index is 12.9. The van der Waals surface area contributed by atoms with Crippen molar-refractivity contribution in [3.63, 3.8) is 0 Å². The lowest BCUT2D eigenvalue weighted by Gasteiger charge is -2.17. The Morgan fingerprint density at radius 2 is 1.81 bits per heavy atom. The molecule has 0 aromatic heterocycles. The molecule has 0 radical (unpaired) electrons. The van der Waals surface area contributed by atoms with E-state index in [1.54, 1.807) is 0 Å². The molecule has 1 rings (SSSR count). The minimum absolute atomic E-state index is 0.224. The van der Waals surface area contributed by atoms with Crippen LogP contribution in [0, 0.1) is 5.92 Å². The third-order valence-corrected chi connectivity index (χ3v) is 4.31. The van der Waals surface area contributed by atoms with E-state index in [1.807, 2.05) is 13.8 Å². The first-order valence-electron chi connectivity index (χ1n) is 6.57. The standard InChI is InChI=1S/C13H19F3N2O2S/c1-3-9(4-2)8-18-10-5-6-12(21(17,19)20)11(7-10)13(14,15)16/h5-7,9,18H,3-4,8H2,1-2H3,(H2,17,19,20). The van der Waals surface area contributed by atoms with Gasteiger partial charge < -0.3 is 5.32 Å². The van der Waals surface area contributed by atoms with E-state index >= 15 is 0 Å². The number of hydrogen-bond acceptors (Lipinski definition) is 3. The van der Waals surface area contributed by atoms with Crippen LogP contribution in [0.1, 0.15) is 32.3 Å². The number of nitrogens with two attached hydrogens (primary N) is 1. The van der Waals surface area contributed by atoms with Crippen molar-refractivity contribution >= 4 is 15.7 Å². The lowest BCUT2D eigenvalue weighted by molar-refractivity contribution is -0.139. The van der Waals surface area contributed by atoms with Crippen LogP contribution in [0.4, 0.5) is 18.9 Å². The fraction of sp³-hybridized carbons (Fsp3) is 0.538. The van der Waals surface area contributed by atoms with E-state index in [-0.39, 0.29) is 5.69 Å². The van der Waals surface area contributed by atoms with E-state index in [2.05, 4.69) is 5.32 Å². The second-order valence-electron chi connectivity index (χ2n) is 4.82. The SMILES string of the molecule is CCC(CC)CNc1ccc(S(N)(=O)=O)c(C(F)(F)F)c1. The summed E-state index contributed by atoms with van der Waals surface area (Å²) in [7, 11) is -4.42. The lowest BCUT2D eigenvalue weighted by atomic mass is 10.0. The van der Waals surface area contributed by atoms with Gasteiger partial charge in [-0.25, -0.2) is 13.6 Å². The smallest absolute Gasteiger partial charge is 0.385 e. The number of hydrogen-bond donors (Lipinski definition) is 2. The van der Waals surface area contributed by atoms with Gasteiger partial charge in [-0.3, -0.25) is 0 Å². The molecule has 0 heterocycles. The van der Waals surface area contributed by atoms with Gasteiger partial charge in [0.2, 0.25) is 10.0 Å². The fourth-order valence-corrected chi connectivity index (χ4v) is 2.69. The van der Waals surface area contributed by atoms with Crippen molar-refractivity contribution in [1.29, 1.82) is 0 Å². The van der Waals surface area contributed by atoms with Crippen molar-refractivity contribution in [1.82, 2.24) is 0 Å². The third-order valence-electron chi connectivity index (χ3n) is 3.34. The summed E-state index contributed by atoms with van der Waals surface area (Å²) in [5, 5.41) is 7.72. The molecule has 0 aliphatic heterocycles. The zero-order valence-corrected chi connectivity index (χ0v) is 12.7. The van der Waals surface area contributed by atoms with Crippen LogP contribution >= 0.6 is 0 Å². The average Bonchev–Trinajstić information content (AvgIpc) is 2.37. The quantitative estimate of drug-likeness (QED) is 0.844. The molecule has 4 nitrogen and oxygen atoms in total. The molecule has 120 valence electrons. The van der Waals surface area contributed by atoms with Crippen LogP contribution in [-0.4, -0.2) is 15.0 Å². The molecule has 0 saturated heterocycles. The first kappa shape index (κ1) is 17.8. The first-order valence-corrected chi connectivity index (χ1v) is 8.12. The molecule has 0 unspecified atom stereocenters. The molecule has 0 aliphatic carbocycles. The van der Waals surface area contributed by atoms with E-state index in [1.165, 1.54) is 6.07 Å². The summed E-state index contributed by atoms with van der Waals surface area (Å²) in [5.74, 6) is 0.345. The summed E-state index contributed by atoms with van der Waals surface area (Å²) in [6.07, 6.45) is -2.97. The van der Waals surface area contributed by atoms with Crippen LogP contribution in [0.15, 0.2) is 23.1 Å². The van der Waals surface area contributed by atoms with Gasteiger partial charge in [-0.1, -0.05) is 26.7 Å². The molecule has 3 N–H and O–H groups in total. The number of halogens is 3. The highest BCUT2D eigenvalue weighted by Crippen LogP contribution is 2.35. The third kappa shape index (κ3) is 4.89. The Hall–Kier alpha value is -1.28. The Bertz CT molecular complexity index is 582. The van der Waals surface area contributed by atoms with Crippen LogP contribution in [0.2, 0.25) is 0 Å². The van der Waals surface area contributed by atoms with E-state index in [4.69, 9.17) is 5.14 Å². The summed E-state index contributed by atoms with van der Waals surface area (Å²) in [6, 6.07) is 2.95. The second-order valence-corrected chi connectivity index (χ2v) is 6.35. The molecule has 0 amide bonds. The van der Waals surface area contributed by atoms with Crippen LogP contribution in [0.3, 0.4) is 0 Å². The highest BCUT2D eigenvalue weighted by atomic mass is 32.2. The van der Waals surface area contributed by atoms with Gasteiger partial charge in [0.1, 0.15) is 0 Å². The number of alkyl halides is 3. The van der Waals surface area contributed by atoms with Gasteiger partial charge in [0.15, 0.2) is 0 Å². The van der Waals surface area contributed by atoms with Crippen LogP contribution in [-0.2, 0) is 16.2 Å². The molecule has 0 fully saturated rings. The predicted molar refractivity (Wildman–Crippen MR) is 75.4 cm³/mol. The van der Waals surface area contributed by atoms with E-state index in [9.17, 15) is 21.6 Å². The zero-order valence-electron chi connectivity index (χ0n) is 11.9. The molecule has 1 aromatic rings. The second kappa shape index (κ2) is 6.65. The minimum Gasteiger partial charge on any atom is -0.385 e. The van der Waals surface area contributed by atoms with Gasteiger partial charge in [0, 0.05) is 12.2 Å². The van der Waals surface area contributed by atoms with Gasteiger partial charge in [0.25, 0.3) is 0 Å². The Morgan fingerprint density at radius 1 is 1.24 bits per heavy atom. The highest BCUT2D eigenvalue weighted by Gasteiger charge is 2.36. The molecule has 1 aromatic carbocycles. The maximum atomic E-state index is 12.9. The summed E-state index contributed by atoms with van der Waals surface area (Å²) in [6.45, 7) is 4.53. The largest absolute Gasteiger partial charge is 0.417 e. The van der Waals surface area contributed by atoms with Crippen LogP contribution in [0.5, 0.6) is 0 Å². The monoisotopic (exact) mass is 324 g/mol. The molecular formula is C13H19F3N2O2S. The Labute approximate surface area is 122 Å². The van der Waals surface area contributed by atoms with E-state index in [0.29, 0.717) is 12.5 Å². The number of sulfonamides is 1. The van der Waals surface area contributed by atoms with Crippen molar-refractivity contribution in [3.05, 3.63) is 23.8 Å². The number of anilines is 1. The number of benzene rings is 1. The topological polar surface area (TPSA) is 72.2 Å². The predicted octanol–water partition coefficient (Wildman–Crippen LogP) is 3.20. The molecule has 21 heavy (non-hydrogen) atoms. The normalized spacial score (nSPS) is 12.7. The van der Waals surface area contributed by atoms with Crippen molar-refractivity contribution in [2.24, 2.45) is 11.1 Å². The first-order chi connectivity index (χ1) is 9.59. The van der Waals surface area contributed by atoms with Crippen molar-refractivity contribution in [2.45, 2.75) is 37.8 Å². The van der Waals surface area contributed by atoms with Crippen LogP contribution < -0.4 is 10.5 Å². The van der Waals surface area contributed by atoms with Gasteiger partial charge in [0.05, 0.1) is 10.5 Å². The summed E-state index contributed by atoms with van der Waals surface area (Å²) >= 11 is 0. The highest BCUT2D eigenvalue weighted by molar-refractivity contribution is 7.89. The Morgan fingerprint density at radius 3 is 2.24 bits per heavy atom. The maximum Gasteiger partial charge on any atom is 0.417 e. The van der Waals surface area contributed by atoms with Crippen molar-refractivity contribution in [3.8, 4) is 0 Å². The lowest BCUT2D eigenvalue weighted by Crippen LogP contribution is -2.20. The molecule has 0 bridgehead atoms. The average molecular weight is 324 g/mol. The zero-order chi connectivity index (χ0) is 16.3. The molecule has 0 atom stereocenters. The summed E-state index contributed by atoms with van der Waals surface area (Å²) in [4.78, 5) is -0.914. The minimum atomic E-state index is -4.78. The molecule has 0 aliphatic rings. The van der Waals surface area contributed by atoms with Crippen LogP contribution in [0.25, 0.3) is 0 Å². The summed E-state index contributed by atoms with van der Waals surface area (Å²) < 4.78 is 61.3. The van der Waals surface area contributed by atoms with Gasteiger partial charge in [-0.2, -0.15) is 13.2 Å². The van der Waals surface area contributed by atoms with Gasteiger partial charge in [-0.15, -0.1) is 0 Å². The van der Waals surface area contributed by atoms with E-state index < -0.39 is 26.7 Å². The number of rotatable bonds is 6. The Kier molecular flexibility index (Phi) is 5.63. The fourth-order valence-electron chi connectivity index (χ4n) is 1.95. The molecule has 0 spiro atoms.